The predicted octanol–water partition coefficient (Wildman–Crippen LogP) is 4.61. The van der Waals surface area contributed by atoms with E-state index in [2.05, 4.69) is 21.2 Å². The number of unbranched alkanes of at least 4 members (excludes halogenated alkanes) is 1. The van der Waals surface area contributed by atoms with Crippen molar-refractivity contribution in [2.75, 3.05) is 49.5 Å². The Hall–Kier alpha value is -2.90. The number of carbonyl (C=O) groups excluding carboxylic acids is 3. The van der Waals surface area contributed by atoms with Gasteiger partial charge in [0.1, 0.15) is 17.3 Å². The minimum absolute atomic E-state index is 0.136. The summed E-state index contributed by atoms with van der Waals surface area (Å²) in [4.78, 5) is 39.6. The molecule has 0 bridgehead atoms. The van der Waals surface area contributed by atoms with Crippen molar-refractivity contribution in [3.63, 3.8) is 0 Å². The zero-order valence-corrected chi connectivity index (χ0v) is 22.5. The molecule has 1 saturated heterocycles. The average molecular weight is 526 g/mol. The highest BCUT2D eigenvalue weighted by atomic mass is 35.5. The standard InChI is InChI=1S/C29H36ClN3O4/c1-20(34)17-28(36)31-26-9-10-27(29(30)21(26)2)33-14-12-32(13-15-33)11-3-4-16-37-25-8-6-22-5-7-24(35)18-23(22)19-25/h6,8-10,19H,3-5,7,11-18H2,1-2H3,(H,31,36). The highest BCUT2D eigenvalue weighted by Crippen LogP contribution is 2.34. The van der Waals surface area contributed by atoms with Crippen LogP contribution in [-0.4, -0.2) is 61.7 Å². The van der Waals surface area contributed by atoms with Gasteiger partial charge in [0, 0.05) is 44.7 Å². The van der Waals surface area contributed by atoms with Gasteiger partial charge in [-0.05, 0) is 80.6 Å². The minimum atomic E-state index is -0.322. The van der Waals surface area contributed by atoms with E-state index >= 15 is 0 Å². The number of aryl methyl sites for hydroxylation is 1. The first-order valence-corrected chi connectivity index (χ1v) is 13.5. The third-order valence-corrected chi connectivity index (χ3v) is 7.62. The Balaban J connectivity index is 1.18. The lowest BCUT2D eigenvalue weighted by molar-refractivity contribution is -0.124. The van der Waals surface area contributed by atoms with Crippen LogP contribution < -0.4 is 15.0 Å². The first-order chi connectivity index (χ1) is 17.8. The monoisotopic (exact) mass is 525 g/mol. The van der Waals surface area contributed by atoms with E-state index < -0.39 is 0 Å². The molecule has 198 valence electrons. The van der Waals surface area contributed by atoms with Gasteiger partial charge in [-0.1, -0.05) is 17.7 Å². The van der Waals surface area contributed by atoms with Crippen molar-refractivity contribution in [3.8, 4) is 5.75 Å². The molecule has 0 atom stereocenters. The summed E-state index contributed by atoms with van der Waals surface area (Å²) in [5, 5.41) is 3.42. The van der Waals surface area contributed by atoms with Crippen LogP contribution in [-0.2, 0) is 27.2 Å². The fraction of sp³-hybridized carbons (Fsp3) is 0.483. The Morgan fingerprint density at radius 1 is 1.03 bits per heavy atom. The molecule has 1 N–H and O–H groups in total. The van der Waals surface area contributed by atoms with E-state index in [0.29, 0.717) is 35.9 Å². The van der Waals surface area contributed by atoms with Crippen molar-refractivity contribution in [2.24, 2.45) is 0 Å². The third-order valence-electron chi connectivity index (χ3n) is 7.14. The van der Waals surface area contributed by atoms with Gasteiger partial charge in [-0.25, -0.2) is 0 Å². The summed E-state index contributed by atoms with van der Waals surface area (Å²) in [5.41, 5.74) is 4.82. The summed E-state index contributed by atoms with van der Waals surface area (Å²) in [6, 6.07) is 9.96. The van der Waals surface area contributed by atoms with E-state index in [0.717, 1.165) is 74.6 Å². The van der Waals surface area contributed by atoms with Gasteiger partial charge in [0.05, 0.1) is 23.7 Å². The number of piperazine rings is 1. The largest absolute Gasteiger partial charge is 0.494 e. The normalized spacial score (nSPS) is 15.9. The number of ether oxygens (including phenoxy) is 1. The molecule has 1 aliphatic carbocycles. The van der Waals surface area contributed by atoms with Gasteiger partial charge in [-0.15, -0.1) is 0 Å². The second-order valence-corrected chi connectivity index (χ2v) is 10.4. The molecule has 1 fully saturated rings. The van der Waals surface area contributed by atoms with Crippen molar-refractivity contribution in [3.05, 3.63) is 52.0 Å². The number of Topliss-reactive ketones (excluding diaryl/α,β-unsaturated/α-hetero) is 2. The van der Waals surface area contributed by atoms with Gasteiger partial charge in [0.2, 0.25) is 5.91 Å². The minimum Gasteiger partial charge on any atom is -0.494 e. The van der Waals surface area contributed by atoms with E-state index in [1.54, 1.807) is 0 Å². The Morgan fingerprint density at radius 2 is 1.81 bits per heavy atom. The third kappa shape index (κ3) is 7.33. The molecule has 7 nitrogen and oxygen atoms in total. The number of ketones is 2. The van der Waals surface area contributed by atoms with Crippen LogP contribution in [0, 0.1) is 6.92 Å². The van der Waals surface area contributed by atoms with Crippen LogP contribution in [0.5, 0.6) is 5.75 Å². The lowest BCUT2D eigenvalue weighted by Crippen LogP contribution is -2.46. The molecular formula is C29H36ClN3O4. The van der Waals surface area contributed by atoms with Gasteiger partial charge < -0.3 is 15.0 Å². The van der Waals surface area contributed by atoms with Crippen LogP contribution in [0.2, 0.25) is 5.02 Å². The molecule has 1 heterocycles. The van der Waals surface area contributed by atoms with Crippen molar-refractivity contribution in [1.82, 2.24) is 4.90 Å². The van der Waals surface area contributed by atoms with Gasteiger partial charge in [0.25, 0.3) is 0 Å². The molecule has 2 aliphatic rings. The van der Waals surface area contributed by atoms with Crippen LogP contribution in [0.3, 0.4) is 0 Å². The number of rotatable bonds is 10. The quantitative estimate of drug-likeness (QED) is 0.360. The summed E-state index contributed by atoms with van der Waals surface area (Å²) < 4.78 is 5.95. The summed E-state index contributed by atoms with van der Waals surface area (Å²) in [6.07, 6.45) is 3.95. The highest BCUT2D eigenvalue weighted by Gasteiger charge is 2.21. The number of fused-ring (bicyclic) bond motifs is 1. The summed E-state index contributed by atoms with van der Waals surface area (Å²) in [7, 11) is 0. The smallest absolute Gasteiger partial charge is 0.231 e. The Kier molecular flexibility index (Phi) is 9.22. The number of benzene rings is 2. The van der Waals surface area contributed by atoms with Crippen molar-refractivity contribution in [1.29, 1.82) is 0 Å². The maximum atomic E-state index is 12.0. The maximum absolute atomic E-state index is 12.0. The SMILES string of the molecule is CC(=O)CC(=O)Nc1ccc(N2CCN(CCCCOc3ccc4c(c3)CC(=O)CC4)CC2)c(Cl)c1C. The lowest BCUT2D eigenvalue weighted by atomic mass is 9.91. The van der Waals surface area contributed by atoms with E-state index in [1.165, 1.54) is 12.5 Å². The molecule has 0 radical (unpaired) electrons. The van der Waals surface area contributed by atoms with E-state index in [1.807, 2.05) is 31.2 Å². The second kappa shape index (κ2) is 12.6. The van der Waals surface area contributed by atoms with Gasteiger partial charge in [-0.2, -0.15) is 0 Å². The lowest BCUT2D eigenvalue weighted by Gasteiger charge is -2.37. The first kappa shape index (κ1) is 27.1. The number of halogens is 1. The second-order valence-electron chi connectivity index (χ2n) is 10.0. The number of amides is 1. The Labute approximate surface area is 224 Å². The van der Waals surface area contributed by atoms with Crippen molar-refractivity contribution in [2.45, 2.75) is 52.4 Å². The number of hydrogen-bond donors (Lipinski definition) is 1. The Morgan fingerprint density at radius 3 is 2.57 bits per heavy atom. The van der Waals surface area contributed by atoms with E-state index in [-0.39, 0.29) is 18.1 Å². The molecule has 8 heteroatoms. The molecule has 0 spiro atoms. The summed E-state index contributed by atoms with van der Waals surface area (Å²) in [5.74, 6) is 0.682. The van der Waals surface area contributed by atoms with Crippen LogP contribution in [0.25, 0.3) is 0 Å². The molecule has 2 aromatic rings. The van der Waals surface area contributed by atoms with Gasteiger partial charge in [-0.3, -0.25) is 19.3 Å². The zero-order chi connectivity index (χ0) is 26.4. The molecule has 0 aromatic heterocycles. The molecule has 2 aromatic carbocycles. The fourth-order valence-corrected chi connectivity index (χ4v) is 5.27. The molecule has 0 saturated carbocycles. The topological polar surface area (TPSA) is 79.0 Å². The molecule has 0 unspecified atom stereocenters. The van der Waals surface area contributed by atoms with E-state index in [9.17, 15) is 14.4 Å². The zero-order valence-electron chi connectivity index (χ0n) is 21.8. The summed E-state index contributed by atoms with van der Waals surface area (Å²) >= 11 is 6.67. The molecule has 37 heavy (non-hydrogen) atoms. The number of anilines is 2. The predicted molar refractivity (Wildman–Crippen MR) is 147 cm³/mol. The average Bonchev–Trinajstić information content (AvgIpc) is 2.86. The first-order valence-electron chi connectivity index (χ1n) is 13.1. The number of carbonyl (C=O) groups is 3. The Bertz CT molecular complexity index is 1160. The fourth-order valence-electron chi connectivity index (χ4n) is 4.99. The van der Waals surface area contributed by atoms with Gasteiger partial charge in [0.15, 0.2) is 0 Å². The summed E-state index contributed by atoms with van der Waals surface area (Å²) in [6.45, 7) is 8.70. The highest BCUT2D eigenvalue weighted by molar-refractivity contribution is 6.34. The number of nitrogens with one attached hydrogen (secondary N) is 1. The van der Waals surface area contributed by atoms with E-state index in [4.69, 9.17) is 16.3 Å². The molecule has 4 rings (SSSR count). The van der Waals surface area contributed by atoms with Crippen LogP contribution in [0.1, 0.15) is 49.3 Å². The maximum Gasteiger partial charge on any atom is 0.231 e. The number of nitrogens with zero attached hydrogens (tertiary/aromatic N) is 2. The van der Waals surface area contributed by atoms with Crippen LogP contribution in [0.15, 0.2) is 30.3 Å². The van der Waals surface area contributed by atoms with Crippen LogP contribution in [0.4, 0.5) is 11.4 Å². The van der Waals surface area contributed by atoms with Crippen molar-refractivity contribution < 1.29 is 19.1 Å². The molecule has 1 amide bonds. The van der Waals surface area contributed by atoms with Gasteiger partial charge >= 0.3 is 0 Å². The molecule has 1 aliphatic heterocycles. The van der Waals surface area contributed by atoms with Crippen molar-refractivity contribution >= 4 is 40.4 Å². The number of hydrogen-bond acceptors (Lipinski definition) is 6. The van der Waals surface area contributed by atoms with Crippen LogP contribution >= 0.6 is 11.6 Å². The molecular weight excluding hydrogens is 490 g/mol.